The van der Waals surface area contributed by atoms with Gasteiger partial charge in [0.25, 0.3) is 5.56 Å². The molecule has 0 aliphatic heterocycles. The summed E-state index contributed by atoms with van der Waals surface area (Å²) in [7, 11) is 0. The van der Waals surface area contributed by atoms with Crippen molar-refractivity contribution < 1.29 is 4.79 Å². The lowest BCUT2D eigenvalue weighted by Crippen LogP contribution is -2.42. The van der Waals surface area contributed by atoms with E-state index in [0.29, 0.717) is 26.6 Å². The zero-order valence-electron chi connectivity index (χ0n) is 13.8. The van der Waals surface area contributed by atoms with E-state index in [1.165, 1.54) is 6.07 Å². The van der Waals surface area contributed by atoms with E-state index < -0.39 is 23.2 Å². The third-order valence-electron chi connectivity index (χ3n) is 4.02. The first kappa shape index (κ1) is 18.2. The van der Waals surface area contributed by atoms with Crippen LogP contribution in [0.4, 0.5) is 5.69 Å². The largest absolute Gasteiger partial charge is 0.329 e. The summed E-state index contributed by atoms with van der Waals surface area (Å²) in [5.74, 6) is -0.492. The number of anilines is 1. The van der Waals surface area contributed by atoms with Crippen LogP contribution in [0.5, 0.6) is 0 Å². The molecule has 1 amide bonds. The number of amides is 1. The predicted molar refractivity (Wildman–Crippen MR) is 103 cm³/mol. The first-order valence-corrected chi connectivity index (χ1v) is 8.67. The van der Waals surface area contributed by atoms with Gasteiger partial charge in [-0.25, -0.2) is 9.36 Å². The van der Waals surface area contributed by atoms with E-state index in [0.717, 1.165) is 4.57 Å². The summed E-state index contributed by atoms with van der Waals surface area (Å²) in [5, 5.41) is 3.66. The Kier molecular flexibility index (Phi) is 5.15. The van der Waals surface area contributed by atoms with Crippen LogP contribution in [-0.2, 0) is 4.79 Å². The van der Waals surface area contributed by atoms with Gasteiger partial charge in [0.1, 0.15) is 6.04 Å². The van der Waals surface area contributed by atoms with Crippen LogP contribution in [0.25, 0.3) is 10.9 Å². The third-order valence-corrected chi connectivity index (χ3v) is 4.76. The van der Waals surface area contributed by atoms with Crippen LogP contribution < -0.4 is 16.6 Å². The van der Waals surface area contributed by atoms with Crippen LogP contribution in [0.3, 0.4) is 0 Å². The Bertz CT molecular complexity index is 1100. The minimum atomic E-state index is -0.967. The molecule has 0 aliphatic carbocycles. The second kappa shape index (κ2) is 7.35. The van der Waals surface area contributed by atoms with E-state index in [1.807, 2.05) is 0 Å². The molecule has 6 nitrogen and oxygen atoms in total. The van der Waals surface area contributed by atoms with Crippen molar-refractivity contribution in [2.24, 2.45) is 0 Å². The van der Waals surface area contributed by atoms with Crippen molar-refractivity contribution in [3.05, 3.63) is 73.3 Å². The molecule has 1 heterocycles. The molecule has 2 N–H and O–H groups in total. The highest BCUT2D eigenvalue weighted by Gasteiger charge is 2.23. The smallest absolute Gasteiger partial charge is 0.324 e. The number of rotatable bonds is 4. The van der Waals surface area contributed by atoms with Gasteiger partial charge in [0.15, 0.2) is 0 Å². The molecule has 8 heteroatoms. The average molecular weight is 392 g/mol. The first-order valence-electron chi connectivity index (χ1n) is 7.92. The van der Waals surface area contributed by atoms with Gasteiger partial charge in [0, 0.05) is 5.69 Å². The molecular formula is C18H15Cl2N3O3. The molecule has 0 fully saturated rings. The Balaban J connectivity index is 2.02. The van der Waals surface area contributed by atoms with Crippen LogP contribution in [0.1, 0.15) is 19.4 Å². The number of hydrogen-bond donors (Lipinski definition) is 2. The van der Waals surface area contributed by atoms with Crippen molar-refractivity contribution in [1.29, 1.82) is 0 Å². The van der Waals surface area contributed by atoms with E-state index in [-0.39, 0.29) is 6.42 Å². The minimum absolute atomic E-state index is 0.258. The van der Waals surface area contributed by atoms with Crippen LogP contribution in [0, 0.1) is 0 Å². The highest BCUT2D eigenvalue weighted by atomic mass is 35.5. The third kappa shape index (κ3) is 3.38. The van der Waals surface area contributed by atoms with E-state index in [1.54, 1.807) is 43.3 Å². The van der Waals surface area contributed by atoms with Gasteiger partial charge in [-0.15, -0.1) is 0 Å². The van der Waals surface area contributed by atoms with E-state index >= 15 is 0 Å². The number of carbonyl (C=O) groups is 1. The van der Waals surface area contributed by atoms with Crippen LogP contribution in [-0.4, -0.2) is 15.5 Å². The predicted octanol–water partition coefficient (Wildman–Crippen LogP) is 3.59. The standard InChI is InChI=1S/C18H15Cl2N3O3/c1-2-15(16(24)21-10-7-8-12(19)13(20)9-10)23-17(25)11-5-3-4-6-14(11)22-18(23)26/h3-9,15H,2H2,1H3,(H,21,24)(H,22,26)/t15-/m1/s1. The van der Waals surface area contributed by atoms with Crippen molar-refractivity contribution in [1.82, 2.24) is 9.55 Å². The molecule has 0 saturated carbocycles. The van der Waals surface area contributed by atoms with Gasteiger partial charge in [0.05, 0.1) is 20.9 Å². The SMILES string of the molecule is CC[C@H](C(=O)Nc1ccc(Cl)c(Cl)c1)n1c(=O)[nH]c2ccccc2c1=O. The van der Waals surface area contributed by atoms with Crippen molar-refractivity contribution in [3.8, 4) is 0 Å². The quantitative estimate of drug-likeness (QED) is 0.712. The maximum atomic E-state index is 12.7. The summed E-state index contributed by atoms with van der Waals surface area (Å²) in [5.41, 5.74) is -0.295. The first-order chi connectivity index (χ1) is 12.4. The number of nitrogens with one attached hydrogen (secondary N) is 2. The van der Waals surface area contributed by atoms with Gasteiger partial charge >= 0.3 is 5.69 Å². The number of hydrogen-bond acceptors (Lipinski definition) is 3. The second-order valence-electron chi connectivity index (χ2n) is 5.69. The fourth-order valence-corrected chi connectivity index (χ4v) is 3.04. The highest BCUT2D eigenvalue weighted by molar-refractivity contribution is 6.42. The average Bonchev–Trinajstić information content (AvgIpc) is 2.61. The van der Waals surface area contributed by atoms with E-state index in [9.17, 15) is 14.4 Å². The van der Waals surface area contributed by atoms with Gasteiger partial charge in [0.2, 0.25) is 5.91 Å². The zero-order valence-corrected chi connectivity index (χ0v) is 15.3. The van der Waals surface area contributed by atoms with Gasteiger partial charge in [-0.05, 0) is 36.8 Å². The summed E-state index contributed by atoms with van der Waals surface area (Å²) in [4.78, 5) is 40.4. The fourth-order valence-electron chi connectivity index (χ4n) is 2.74. The number of benzene rings is 2. The highest BCUT2D eigenvalue weighted by Crippen LogP contribution is 2.25. The maximum Gasteiger partial charge on any atom is 0.329 e. The number of H-pyrrole nitrogens is 1. The molecule has 1 atom stereocenters. The number of fused-ring (bicyclic) bond motifs is 1. The number of aromatic amines is 1. The summed E-state index contributed by atoms with van der Waals surface area (Å²) in [6.45, 7) is 1.72. The van der Waals surface area contributed by atoms with Gasteiger partial charge in [-0.1, -0.05) is 42.3 Å². The molecule has 1 aromatic heterocycles. The Labute approximate surface area is 158 Å². The molecular weight excluding hydrogens is 377 g/mol. The molecule has 0 spiro atoms. The van der Waals surface area contributed by atoms with Gasteiger partial charge < -0.3 is 10.3 Å². The molecule has 0 unspecified atom stereocenters. The molecule has 26 heavy (non-hydrogen) atoms. The summed E-state index contributed by atoms with van der Waals surface area (Å²) < 4.78 is 0.940. The normalized spacial score (nSPS) is 12.1. The molecule has 3 aromatic rings. The van der Waals surface area contributed by atoms with Crippen molar-refractivity contribution in [3.63, 3.8) is 0 Å². The van der Waals surface area contributed by atoms with Gasteiger partial charge in [-0.2, -0.15) is 0 Å². The molecule has 3 rings (SSSR count). The number of aromatic nitrogens is 2. The van der Waals surface area contributed by atoms with Crippen LogP contribution in [0.15, 0.2) is 52.1 Å². The Hall–Kier alpha value is -2.57. The zero-order chi connectivity index (χ0) is 18.8. The Morgan fingerprint density at radius 1 is 1.15 bits per heavy atom. The fraction of sp³-hybridized carbons (Fsp3) is 0.167. The lowest BCUT2D eigenvalue weighted by molar-refractivity contribution is -0.119. The topological polar surface area (TPSA) is 84.0 Å². The van der Waals surface area contributed by atoms with Crippen LogP contribution in [0.2, 0.25) is 10.0 Å². The lowest BCUT2D eigenvalue weighted by atomic mass is 10.1. The summed E-state index contributed by atoms with van der Waals surface area (Å²) >= 11 is 11.8. The molecule has 134 valence electrons. The lowest BCUT2D eigenvalue weighted by Gasteiger charge is -2.17. The molecule has 0 bridgehead atoms. The Morgan fingerprint density at radius 3 is 2.58 bits per heavy atom. The van der Waals surface area contributed by atoms with E-state index in [4.69, 9.17) is 23.2 Å². The van der Waals surface area contributed by atoms with Crippen molar-refractivity contribution >= 4 is 45.7 Å². The second-order valence-corrected chi connectivity index (χ2v) is 6.51. The number of para-hydroxylation sites is 1. The number of nitrogens with zero attached hydrogens (tertiary/aromatic N) is 1. The van der Waals surface area contributed by atoms with E-state index in [2.05, 4.69) is 10.3 Å². The summed E-state index contributed by atoms with van der Waals surface area (Å²) in [6.07, 6.45) is 0.258. The number of carbonyl (C=O) groups excluding carboxylic acids is 1. The van der Waals surface area contributed by atoms with Crippen LogP contribution >= 0.6 is 23.2 Å². The summed E-state index contributed by atoms with van der Waals surface area (Å²) in [6, 6.07) is 10.3. The molecule has 0 aliphatic rings. The Morgan fingerprint density at radius 2 is 1.88 bits per heavy atom. The number of halogens is 2. The molecule has 0 saturated heterocycles. The van der Waals surface area contributed by atoms with Gasteiger partial charge in [-0.3, -0.25) is 9.59 Å². The minimum Gasteiger partial charge on any atom is -0.324 e. The monoisotopic (exact) mass is 391 g/mol. The van der Waals surface area contributed by atoms with Crippen molar-refractivity contribution in [2.75, 3.05) is 5.32 Å². The maximum absolute atomic E-state index is 12.7. The van der Waals surface area contributed by atoms with Crippen molar-refractivity contribution in [2.45, 2.75) is 19.4 Å². The molecule has 0 radical (unpaired) electrons. The molecule has 2 aromatic carbocycles.